The van der Waals surface area contributed by atoms with Gasteiger partial charge >= 0.3 is 0 Å². The predicted octanol–water partition coefficient (Wildman–Crippen LogP) is 2.97. The Labute approximate surface area is 144 Å². The van der Waals surface area contributed by atoms with Crippen LogP contribution in [-0.4, -0.2) is 40.5 Å². The average Bonchev–Trinajstić information content (AvgIpc) is 2.59. The number of anilines is 2. The van der Waals surface area contributed by atoms with Crippen molar-refractivity contribution in [3.63, 3.8) is 0 Å². The molecule has 126 valence electrons. The second kappa shape index (κ2) is 7.63. The number of hydrogen-bond acceptors (Lipinski definition) is 5. The first-order valence-electron chi connectivity index (χ1n) is 7.74. The summed E-state index contributed by atoms with van der Waals surface area (Å²) in [5.41, 5.74) is 4.97. The molecule has 1 aromatic heterocycles. The van der Waals surface area contributed by atoms with E-state index in [9.17, 15) is 9.18 Å². The predicted molar refractivity (Wildman–Crippen MR) is 95.0 cm³/mol. The van der Waals surface area contributed by atoms with Crippen molar-refractivity contribution in [2.75, 3.05) is 29.9 Å². The van der Waals surface area contributed by atoms with Crippen molar-refractivity contribution >= 4 is 29.0 Å². The van der Waals surface area contributed by atoms with Crippen LogP contribution in [0.4, 0.5) is 15.8 Å². The number of halogens is 1. The summed E-state index contributed by atoms with van der Waals surface area (Å²) in [6.07, 6.45) is 3.08. The van der Waals surface area contributed by atoms with Crippen molar-refractivity contribution in [2.24, 2.45) is 0 Å². The Morgan fingerprint density at radius 1 is 1.25 bits per heavy atom. The SMILES string of the molecule is Cc1ccc(Nc2cnccc2C(=O)NN2CCSCC2)c(F)c1. The molecule has 2 heterocycles. The van der Waals surface area contributed by atoms with Crippen LogP contribution in [0.1, 0.15) is 15.9 Å². The molecule has 2 N–H and O–H groups in total. The van der Waals surface area contributed by atoms with Crippen LogP contribution in [-0.2, 0) is 0 Å². The lowest BCUT2D eigenvalue weighted by Crippen LogP contribution is -2.46. The highest BCUT2D eigenvalue weighted by molar-refractivity contribution is 7.99. The molecule has 7 heteroatoms. The number of carbonyl (C=O) groups is 1. The summed E-state index contributed by atoms with van der Waals surface area (Å²) in [6.45, 7) is 3.46. The van der Waals surface area contributed by atoms with E-state index in [1.54, 1.807) is 18.3 Å². The Bertz CT molecular complexity index is 734. The Morgan fingerprint density at radius 2 is 2.04 bits per heavy atom. The number of thioether (sulfide) groups is 1. The van der Waals surface area contributed by atoms with Gasteiger partial charge in [0, 0.05) is 30.8 Å². The van der Waals surface area contributed by atoms with Gasteiger partial charge in [0.15, 0.2) is 0 Å². The van der Waals surface area contributed by atoms with Gasteiger partial charge in [0.1, 0.15) is 5.82 Å². The van der Waals surface area contributed by atoms with Crippen LogP contribution in [0.2, 0.25) is 0 Å². The highest BCUT2D eigenvalue weighted by Crippen LogP contribution is 2.23. The summed E-state index contributed by atoms with van der Waals surface area (Å²) in [5.74, 6) is 1.41. The van der Waals surface area contributed by atoms with Gasteiger partial charge in [0.25, 0.3) is 5.91 Å². The molecule has 1 amide bonds. The summed E-state index contributed by atoms with van der Waals surface area (Å²) in [4.78, 5) is 16.6. The molecule has 24 heavy (non-hydrogen) atoms. The summed E-state index contributed by atoms with van der Waals surface area (Å²) in [5, 5.41) is 4.88. The van der Waals surface area contributed by atoms with Crippen LogP contribution in [0.5, 0.6) is 0 Å². The van der Waals surface area contributed by atoms with Crippen LogP contribution in [0.15, 0.2) is 36.7 Å². The fourth-order valence-corrected chi connectivity index (χ4v) is 3.34. The number of amides is 1. The number of benzene rings is 1. The number of carbonyl (C=O) groups excluding carboxylic acids is 1. The first-order valence-corrected chi connectivity index (χ1v) is 8.90. The van der Waals surface area contributed by atoms with Crippen molar-refractivity contribution in [3.05, 3.63) is 53.6 Å². The maximum absolute atomic E-state index is 14.0. The topological polar surface area (TPSA) is 57.3 Å². The Hall–Kier alpha value is -2.12. The first kappa shape index (κ1) is 16.7. The van der Waals surface area contributed by atoms with Crippen LogP contribution < -0.4 is 10.7 Å². The minimum atomic E-state index is -0.363. The molecule has 0 saturated carbocycles. The number of pyridine rings is 1. The summed E-state index contributed by atoms with van der Waals surface area (Å²) in [6, 6.07) is 6.54. The molecule has 1 fully saturated rings. The number of aryl methyl sites for hydroxylation is 1. The minimum Gasteiger partial charge on any atom is -0.351 e. The van der Waals surface area contributed by atoms with Crippen LogP contribution in [0.3, 0.4) is 0 Å². The lowest BCUT2D eigenvalue weighted by Gasteiger charge is -2.26. The maximum atomic E-state index is 14.0. The number of hydrazine groups is 1. The third kappa shape index (κ3) is 4.04. The van der Waals surface area contributed by atoms with E-state index in [1.165, 1.54) is 12.3 Å². The van der Waals surface area contributed by atoms with Gasteiger partial charge in [-0.3, -0.25) is 15.2 Å². The van der Waals surface area contributed by atoms with Crippen LogP contribution >= 0.6 is 11.8 Å². The zero-order valence-electron chi connectivity index (χ0n) is 13.4. The quantitative estimate of drug-likeness (QED) is 0.891. The third-order valence-corrected chi connectivity index (χ3v) is 4.67. The van der Waals surface area contributed by atoms with Crippen LogP contribution in [0, 0.1) is 12.7 Å². The fraction of sp³-hybridized carbons (Fsp3) is 0.294. The van der Waals surface area contributed by atoms with E-state index in [4.69, 9.17) is 0 Å². The smallest absolute Gasteiger partial charge is 0.267 e. The lowest BCUT2D eigenvalue weighted by molar-refractivity contribution is 0.0806. The van der Waals surface area contributed by atoms with Crippen molar-refractivity contribution < 1.29 is 9.18 Å². The second-order valence-electron chi connectivity index (χ2n) is 5.57. The van der Waals surface area contributed by atoms with Gasteiger partial charge in [-0.1, -0.05) is 6.07 Å². The molecule has 1 aromatic carbocycles. The molecule has 0 atom stereocenters. The molecule has 2 aromatic rings. The summed E-state index contributed by atoms with van der Waals surface area (Å²) in [7, 11) is 0. The molecule has 1 saturated heterocycles. The van der Waals surface area contributed by atoms with E-state index in [0.717, 1.165) is 30.2 Å². The molecule has 0 spiro atoms. The van der Waals surface area contributed by atoms with Gasteiger partial charge < -0.3 is 5.32 Å². The van der Waals surface area contributed by atoms with Gasteiger partial charge in [-0.05, 0) is 30.7 Å². The molecular weight excluding hydrogens is 327 g/mol. The van der Waals surface area contributed by atoms with Crippen molar-refractivity contribution in [1.29, 1.82) is 0 Å². The van der Waals surface area contributed by atoms with Gasteiger partial charge in [-0.15, -0.1) is 0 Å². The number of hydrogen-bond donors (Lipinski definition) is 2. The average molecular weight is 346 g/mol. The van der Waals surface area contributed by atoms with Crippen molar-refractivity contribution in [1.82, 2.24) is 15.4 Å². The summed E-state index contributed by atoms with van der Waals surface area (Å²) >= 11 is 1.87. The van der Waals surface area contributed by atoms with E-state index >= 15 is 0 Å². The molecule has 1 aliphatic rings. The Morgan fingerprint density at radius 3 is 2.79 bits per heavy atom. The monoisotopic (exact) mass is 346 g/mol. The fourth-order valence-electron chi connectivity index (χ4n) is 2.44. The highest BCUT2D eigenvalue weighted by atomic mass is 32.2. The zero-order valence-corrected chi connectivity index (χ0v) is 14.2. The second-order valence-corrected chi connectivity index (χ2v) is 6.79. The molecule has 5 nitrogen and oxygen atoms in total. The van der Waals surface area contributed by atoms with Gasteiger partial charge in [0.2, 0.25) is 0 Å². The van der Waals surface area contributed by atoms with E-state index in [0.29, 0.717) is 16.9 Å². The number of rotatable bonds is 4. The minimum absolute atomic E-state index is 0.223. The van der Waals surface area contributed by atoms with E-state index in [2.05, 4.69) is 15.7 Å². The normalized spacial score (nSPS) is 15.1. The highest BCUT2D eigenvalue weighted by Gasteiger charge is 2.17. The molecule has 3 rings (SSSR count). The largest absolute Gasteiger partial charge is 0.351 e. The standard InChI is InChI=1S/C17H19FN4OS/c1-12-2-3-15(14(18)10-12)20-16-11-19-5-4-13(16)17(23)21-22-6-8-24-9-7-22/h2-5,10-11,20H,6-9H2,1H3,(H,21,23). The van der Waals surface area contributed by atoms with E-state index in [1.807, 2.05) is 29.8 Å². The Kier molecular flexibility index (Phi) is 5.32. The third-order valence-electron chi connectivity index (χ3n) is 3.73. The van der Waals surface area contributed by atoms with E-state index in [-0.39, 0.29) is 11.7 Å². The lowest BCUT2D eigenvalue weighted by atomic mass is 10.2. The number of nitrogens with zero attached hydrogens (tertiary/aromatic N) is 2. The first-order chi connectivity index (χ1) is 11.6. The molecule has 1 aliphatic heterocycles. The Balaban J connectivity index is 1.78. The van der Waals surface area contributed by atoms with E-state index < -0.39 is 0 Å². The molecule has 0 bridgehead atoms. The summed E-state index contributed by atoms with van der Waals surface area (Å²) < 4.78 is 14.0. The van der Waals surface area contributed by atoms with Crippen LogP contribution in [0.25, 0.3) is 0 Å². The number of nitrogens with one attached hydrogen (secondary N) is 2. The number of aromatic nitrogens is 1. The zero-order chi connectivity index (χ0) is 16.9. The van der Waals surface area contributed by atoms with Gasteiger partial charge in [0.05, 0.1) is 23.1 Å². The van der Waals surface area contributed by atoms with Gasteiger partial charge in [-0.2, -0.15) is 11.8 Å². The van der Waals surface area contributed by atoms with Crippen molar-refractivity contribution in [2.45, 2.75) is 6.92 Å². The molecule has 0 aliphatic carbocycles. The molecule has 0 radical (unpaired) electrons. The molecular formula is C17H19FN4OS. The molecule has 0 unspecified atom stereocenters. The van der Waals surface area contributed by atoms with Gasteiger partial charge in [-0.25, -0.2) is 9.40 Å². The maximum Gasteiger partial charge on any atom is 0.267 e. The van der Waals surface area contributed by atoms with Crippen molar-refractivity contribution in [3.8, 4) is 0 Å².